The molecule has 0 aliphatic carbocycles. The number of guanidine groups is 1. The number of alkyl halides is 3. The Morgan fingerprint density at radius 1 is 1.33 bits per heavy atom. The minimum atomic E-state index is -4.46. The number of nitrogens with one attached hydrogen (secondary N) is 1. The number of ether oxygens (including phenoxy) is 1. The lowest BCUT2D eigenvalue weighted by Gasteiger charge is -2.37. The smallest absolute Gasteiger partial charge is 0.381 e. The Balaban J connectivity index is 1.52. The van der Waals surface area contributed by atoms with Gasteiger partial charge >= 0.3 is 6.18 Å². The molecule has 152 valence electrons. The van der Waals surface area contributed by atoms with E-state index in [1.54, 1.807) is 7.05 Å². The van der Waals surface area contributed by atoms with Crippen LogP contribution in [0.3, 0.4) is 0 Å². The minimum Gasteiger partial charge on any atom is -0.381 e. The van der Waals surface area contributed by atoms with Crippen molar-refractivity contribution in [3.05, 3.63) is 17.5 Å². The van der Waals surface area contributed by atoms with Gasteiger partial charge in [-0.25, -0.2) is 0 Å². The van der Waals surface area contributed by atoms with Crippen LogP contribution in [0.2, 0.25) is 0 Å². The summed E-state index contributed by atoms with van der Waals surface area (Å²) in [5.41, 5.74) is -0.734. The molecule has 0 saturated carbocycles. The molecule has 3 heterocycles. The Kier molecular flexibility index (Phi) is 6.25. The topological polar surface area (TPSA) is 57.9 Å². The van der Waals surface area contributed by atoms with Gasteiger partial charge in [0.2, 0.25) is 0 Å². The van der Waals surface area contributed by atoms with Crippen molar-refractivity contribution in [2.24, 2.45) is 18.0 Å². The highest BCUT2D eigenvalue weighted by Crippen LogP contribution is 2.30. The predicted molar refractivity (Wildman–Crippen MR) is 95.3 cm³/mol. The number of hydrogen-bond acceptors (Lipinski definition) is 4. The van der Waals surface area contributed by atoms with Crippen LogP contribution in [0.1, 0.15) is 17.7 Å². The van der Waals surface area contributed by atoms with E-state index in [-0.39, 0.29) is 12.1 Å². The van der Waals surface area contributed by atoms with Gasteiger partial charge in [-0.2, -0.15) is 18.3 Å². The number of hydrogen-bond donors (Lipinski definition) is 1. The molecule has 2 saturated heterocycles. The van der Waals surface area contributed by atoms with E-state index < -0.39 is 11.9 Å². The van der Waals surface area contributed by atoms with Crippen LogP contribution in [0.5, 0.6) is 0 Å². The van der Waals surface area contributed by atoms with Gasteiger partial charge in [0.1, 0.15) is 0 Å². The largest absolute Gasteiger partial charge is 0.435 e. The number of halogens is 3. The Labute approximate surface area is 157 Å². The molecule has 3 rings (SSSR count). The molecule has 0 aromatic carbocycles. The van der Waals surface area contributed by atoms with E-state index in [2.05, 4.69) is 25.2 Å². The number of aliphatic imine (C=N–C) groups is 1. The molecule has 0 radical (unpaired) electrons. The average molecular weight is 388 g/mol. The van der Waals surface area contributed by atoms with Crippen molar-refractivity contribution in [1.82, 2.24) is 24.9 Å². The molecule has 0 bridgehead atoms. The first-order chi connectivity index (χ1) is 12.9. The monoisotopic (exact) mass is 388 g/mol. The standard InChI is InChI=1S/C17H27F3N6O/c1-21-16(22-9-14-11-24(2)23-15(14)17(18,19)20)26-6-4-25(5-7-26)10-13-3-8-27-12-13/h11,13H,3-10,12H2,1-2H3,(H,21,22). The van der Waals surface area contributed by atoms with E-state index >= 15 is 0 Å². The van der Waals surface area contributed by atoms with Crippen molar-refractivity contribution in [1.29, 1.82) is 0 Å². The van der Waals surface area contributed by atoms with Crippen LogP contribution in [-0.2, 0) is 24.5 Å². The summed E-state index contributed by atoms with van der Waals surface area (Å²) in [7, 11) is 3.14. The van der Waals surface area contributed by atoms with Crippen molar-refractivity contribution in [3.63, 3.8) is 0 Å². The van der Waals surface area contributed by atoms with Crippen LogP contribution in [-0.4, -0.2) is 78.5 Å². The lowest BCUT2D eigenvalue weighted by atomic mass is 10.1. The number of aryl methyl sites for hydroxylation is 1. The van der Waals surface area contributed by atoms with Gasteiger partial charge in [0.15, 0.2) is 11.7 Å². The van der Waals surface area contributed by atoms with E-state index in [4.69, 9.17) is 4.74 Å². The number of piperazine rings is 1. The summed E-state index contributed by atoms with van der Waals surface area (Å²) >= 11 is 0. The minimum absolute atomic E-state index is 0.0367. The fourth-order valence-electron chi connectivity index (χ4n) is 3.65. The zero-order chi connectivity index (χ0) is 19.4. The Morgan fingerprint density at radius 2 is 2.07 bits per heavy atom. The molecule has 1 unspecified atom stereocenters. The maximum Gasteiger partial charge on any atom is 0.435 e. The normalized spacial score (nSPS) is 22.5. The van der Waals surface area contributed by atoms with Gasteiger partial charge in [0, 0.05) is 71.7 Å². The van der Waals surface area contributed by atoms with E-state index in [0.717, 1.165) is 52.4 Å². The van der Waals surface area contributed by atoms with Crippen molar-refractivity contribution < 1.29 is 17.9 Å². The quantitative estimate of drug-likeness (QED) is 0.620. The van der Waals surface area contributed by atoms with E-state index in [9.17, 15) is 13.2 Å². The first-order valence-electron chi connectivity index (χ1n) is 9.22. The molecule has 0 amide bonds. The lowest BCUT2D eigenvalue weighted by molar-refractivity contribution is -0.142. The second kappa shape index (κ2) is 8.47. The van der Waals surface area contributed by atoms with E-state index in [1.165, 1.54) is 17.9 Å². The van der Waals surface area contributed by atoms with Gasteiger partial charge in [-0.05, 0) is 12.3 Å². The van der Waals surface area contributed by atoms with Crippen LogP contribution in [0.15, 0.2) is 11.2 Å². The average Bonchev–Trinajstić information content (AvgIpc) is 3.26. The summed E-state index contributed by atoms with van der Waals surface area (Å²) < 4.78 is 45.8. The summed E-state index contributed by atoms with van der Waals surface area (Å²) in [5.74, 6) is 1.23. The van der Waals surface area contributed by atoms with Crippen LogP contribution in [0, 0.1) is 5.92 Å². The first kappa shape index (κ1) is 19.9. The van der Waals surface area contributed by atoms with Gasteiger partial charge in [0.05, 0.1) is 6.61 Å². The van der Waals surface area contributed by atoms with Crippen molar-refractivity contribution >= 4 is 5.96 Å². The van der Waals surface area contributed by atoms with Gasteiger partial charge in [0.25, 0.3) is 0 Å². The molecule has 7 nitrogen and oxygen atoms in total. The highest BCUT2D eigenvalue weighted by molar-refractivity contribution is 5.80. The molecule has 2 fully saturated rings. The fraction of sp³-hybridized carbons (Fsp3) is 0.765. The van der Waals surface area contributed by atoms with Gasteiger partial charge < -0.3 is 15.0 Å². The summed E-state index contributed by atoms with van der Waals surface area (Å²) in [6.07, 6.45) is -1.95. The third kappa shape index (κ3) is 5.13. The molecular weight excluding hydrogens is 361 g/mol. The number of nitrogens with zero attached hydrogens (tertiary/aromatic N) is 5. The van der Waals surface area contributed by atoms with Gasteiger partial charge in [-0.3, -0.25) is 14.6 Å². The Hall–Kier alpha value is -1.81. The maximum absolute atomic E-state index is 13.1. The number of rotatable bonds is 4. The third-order valence-corrected chi connectivity index (χ3v) is 5.03. The zero-order valence-electron chi connectivity index (χ0n) is 15.8. The van der Waals surface area contributed by atoms with Crippen molar-refractivity contribution in [3.8, 4) is 0 Å². The van der Waals surface area contributed by atoms with Crippen LogP contribution < -0.4 is 5.32 Å². The number of aromatic nitrogens is 2. The van der Waals surface area contributed by atoms with Crippen LogP contribution in [0.25, 0.3) is 0 Å². The lowest BCUT2D eigenvalue weighted by Crippen LogP contribution is -2.53. The molecule has 2 aliphatic rings. The van der Waals surface area contributed by atoms with Gasteiger partial charge in [-0.1, -0.05) is 0 Å². The molecule has 27 heavy (non-hydrogen) atoms. The summed E-state index contributed by atoms with van der Waals surface area (Å²) in [6.45, 7) is 6.21. The van der Waals surface area contributed by atoms with E-state index in [1.807, 2.05) is 0 Å². The Morgan fingerprint density at radius 3 is 2.67 bits per heavy atom. The second-order valence-corrected chi connectivity index (χ2v) is 7.09. The third-order valence-electron chi connectivity index (χ3n) is 5.03. The molecule has 1 aromatic rings. The molecule has 10 heteroatoms. The fourth-order valence-corrected chi connectivity index (χ4v) is 3.65. The molecule has 1 aromatic heterocycles. The molecule has 1 N–H and O–H groups in total. The summed E-state index contributed by atoms with van der Waals surface area (Å²) in [4.78, 5) is 8.75. The van der Waals surface area contributed by atoms with E-state index in [0.29, 0.717) is 11.9 Å². The molecular formula is C17H27F3N6O. The summed E-state index contributed by atoms with van der Waals surface area (Å²) in [6, 6.07) is 0. The second-order valence-electron chi connectivity index (χ2n) is 7.09. The highest BCUT2D eigenvalue weighted by atomic mass is 19.4. The maximum atomic E-state index is 13.1. The predicted octanol–water partition coefficient (Wildman–Crippen LogP) is 1.17. The molecule has 2 aliphatic heterocycles. The zero-order valence-corrected chi connectivity index (χ0v) is 15.8. The highest BCUT2D eigenvalue weighted by Gasteiger charge is 2.37. The molecule has 1 atom stereocenters. The van der Waals surface area contributed by atoms with Gasteiger partial charge in [-0.15, -0.1) is 0 Å². The SMILES string of the molecule is CN=C(NCc1cn(C)nc1C(F)(F)F)N1CCN(CC2CCOC2)CC1. The van der Waals surface area contributed by atoms with Crippen molar-refractivity contribution in [2.45, 2.75) is 19.1 Å². The van der Waals surface area contributed by atoms with Crippen LogP contribution >= 0.6 is 0 Å². The Bertz CT molecular complexity index is 646. The summed E-state index contributed by atoms with van der Waals surface area (Å²) in [5, 5.41) is 6.59. The first-order valence-corrected chi connectivity index (χ1v) is 9.22. The van der Waals surface area contributed by atoms with Crippen LogP contribution in [0.4, 0.5) is 13.2 Å². The van der Waals surface area contributed by atoms with Crippen molar-refractivity contribution in [2.75, 3.05) is 53.0 Å². The molecule has 0 spiro atoms.